The monoisotopic (exact) mass is 124 g/mol. The number of unbranched alkanes of at least 4 members (excludes halogenated alkanes) is 1. The lowest BCUT2D eigenvalue weighted by atomic mass is 10.0. The van der Waals surface area contributed by atoms with Crippen LogP contribution in [0.15, 0.2) is 0 Å². The van der Waals surface area contributed by atoms with Crippen LogP contribution >= 0.6 is 0 Å². The summed E-state index contributed by atoms with van der Waals surface area (Å²) in [6.45, 7) is 3.82. The van der Waals surface area contributed by atoms with E-state index in [1.54, 1.807) is 0 Å². The second kappa shape index (κ2) is 3.92. The Hall–Kier alpha value is 0. The smallest absolute Gasteiger partial charge is 0.0355 e. The lowest BCUT2D eigenvalue weighted by Gasteiger charge is -2.04. The first-order valence-corrected chi connectivity index (χ1v) is 4.06. The van der Waals surface area contributed by atoms with Crippen LogP contribution in [0, 0.1) is 19.3 Å². The number of rotatable bonds is 3. The Morgan fingerprint density at radius 2 is 2.00 bits per heavy atom. The molecule has 0 aromatic rings. The van der Waals surface area contributed by atoms with Gasteiger partial charge in [-0.2, -0.15) is 0 Å². The van der Waals surface area contributed by atoms with Crippen LogP contribution in [0.3, 0.4) is 0 Å². The fourth-order valence-corrected chi connectivity index (χ4v) is 1.55. The van der Waals surface area contributed by atoms with E-state index in [0.29, 0.717) is 0 Å². The Labute approximate surface area is 58.7 Å². The Morgan fingerprint density at radius 3 is 2.56 bits per heavy atom. The summed E-state index contributed by atoms with van der Waals surface area (Å²) in [4.78, 5) is 0. The predicted octanol–water partition coefficient (Wildman–Crippen LogP) is 3.00. The molecular formula is C9H16. The van der Waals surface area contributed by atoms with Crippen LogP contribution < -0.4 is 0 Å². The lowest BCUT2D eigenvalue weighted by molar-refractivity contribution is 0.604. The summed E-state index contributed by atoms with van der Waals surface area (Å²) in [5.41, 5.74) is 0. The predicted molar refractivity (Wildman–Crippen MR) is 40.8 cm³/mol. The van der Waals surface area contributed by atoms with Crippen molar-refractivity contribution in [3.8, 4) is 0 Å². The highest BCUT2D eigenvalue weighted by Gasteiger charge is 2.13. The number of hydrogen-bond acceptors (Lipinski definition) is 0. The maximum absolute atomic E-state index is 3.82. The van der Waals surface area contributed by atoms with E-state index in [0.717, 1.165) is 12.3 Å². The molecule has 0 nitrogen and oxygen atoms in total. The van der Waals surface area contributed by atoms with Crippen LogP contribution in [0.4, 0.5) is 0 Å². The molecule has 0 unspecified atom stereocenters. The minimum Gasteiger partial charge on any atom is -0.0533 e. The zero-order valence-corrected chi connectivity index (χ0v) is 6.10. The highest BCUT2D eigenvalue weighted by atomic mass is 14.2. The summed E-state index contributed by atoms with van der Waals surface area (Å²) in [5.74, 6) is 0.951. The minimum absolute atomic E-state index is 0.951. The zero-order chi connectivity index (χ0) is 6.53. The molecule has 1 aliphatic carbocycles. The molecular weight excluding hydrogens is 108 g/mol. The summed E-state index contributed by atoms with van der Waals surface area (Å²) in [6, 6.07) is 0. The first-order chi connectivity index (χ1) is 4.43. The van der Waals surface area contributed by atoms with Gasteiger partial charge in [0.25, 0.3) is 0 Å². The molecule has 0 spiro atoms. The van der Waals surface area contributed by atoms with Crippen molar-refractivity contribution in [1.29, 1.82) is 0 Å². The van der Waals surface area contributed by atoms with Crippen LogP contribution in [0.5, 0.6) is 0 Å². The molecule has 1 rings (SSSR count). The van der Waals surface area contributed by atoms with Gasteiger partial charge in [-0.05, 0) is 18.8 Å². The van der Waals surface area contributed by atoms with Gasteiger partial charge in [0, 0.05) is 0 Å². The van der Waals surface area contributed by atoms with E-state index < -0.39 is 0 Å². The van der Waals surface area contributed by atoms with Crippen molar-refractivity contribution in [3.05, 3.63) is 13.3 Å². The van der Waals surface area contributed by atoms with Crippen molar-refractivity contribution in [2.45, 2.75) is 38.5 Å². The molecule has 0 saturated heterocycles. The van der Waals surface area contributed by atoms with Crippen LogP contribution in [0.1, 0.15) is 38.5 Å². The Kier molecular flexibility index (Phi) is 3.10. The van der Waals surface area contributed by atoms with Gasteiger partial charge in [0.15, 0.2) is 0 Å². The van der Waals surface area contributed by atoms with Crippen molar-refractivity contribution in [3.63, 3.8) is 0 Å². The molecule has 0 atom stereocenters. The van der Waals surface area contributed by atoms with Gasteiger partial charge < -0.3 is 0 Å². The standard InChI is InChI=1S/C9H16/c1-2-3-6-9-7-4-5-8-9/h6,9H,1-5,7-8H2. The Bertz CT molecular complexity index is 60.4. The van der Waals surface area contributed by atoms with Crippen LogP contribution in [-0.4, -0.2) is 0 Å². The lowest BCUT2D eigenvalue weighted by Crippen LogP contribution is -1.92. The van der Waals surface area contributed by atoms with E-state index in [1.807, 2.05) is 0 Å². The largest absolute Gasteiger partial charge is 0.0533 e. The van der Waals surface area contributed by atoms with Crippen LogP contribution in [0.25, 0.3) is 0 Å². The zero-order valence-electron chi connectivity index (χ0n) is 6.10. The molecule has 0 aromatic carbocycles. The maximum Gasteiger partial charge on any atom is -0.0355 e. The summed E-state index contributed by atoms with van der Waals surface area (Å²) in [6.07, 6.45) is 10.6. The molecule has 1 aliphatic rings. The highest BCUT2D eigenvalue weighted by molar-refractivity contribution is 4.80. The van der Waals surface area contributed by atoms with Crippen molar-refractivity contribution < 1.29 is 0 Å². The first kappa shape index (κ1) is 7.11. The van der Waals surface area contributed by atoms with Gasteiger partial charge in [0.2, 0.25) is 0 Å². The average molecular weight is 124 g/mol. The average Bonchev–Trinajstić information content (AvgIpc) is 2.34. The summed E-state index contributed by atoms with van der Waals surface area (Å²) in [7, 11) is 0. The maximum atomic E-state index is 3.82. The minimum atomic E-state index is 0.951. The van der Waals surface area contributed by atoms with Gasteiger partial charge in [-0.1, -0.05) is 39.0 Å². The van der Waals surface area contributed by atoms with Crippen LogP contribution in [0.2, 0.25) is 0 Å². The molecule has 0 heteroatoms. The second-order valence-electron chi connectivity index (χ2n) is 2.92. The fourth-order valence-electron chi connectivity index (χ4n) is 1.55. The first-order valence-electron chi connectivity index (χ1n) is 4.06. The van der Waals surface area contributed by atoms with E-state index >= 15 is 0 Å². The molecule has 0 aromatic heterocycles. The molecule has 1 saturated carbocycles. The Morgan fingerprint density at radius 1 is 1.33 bits per heavy atom. The SMILES string of the molecule is [CH2]CC[CH]C1CCCC1. The molecule has 0 amide bonds. The van der Waals surface area contributed by atoms with E-state index in [4.69, 9.17) is 0 Å². The van der Waals surface area contributed by atoms with E-state index in [9.17, 15) is 0 Å². The van der Waals surface area contributed by atoms with Gasteiger partial charge in [0.1, 0.15) is 0 Å². The number of hydrogen-bond donors (Lipinski definition) is 0. The highest BCUT2D eigenvalue weighted by Crippen LogP contribution is 2.27. The van der Waals surface area contributed by atoms with E-state index in [1.165, 1.54) is 32.1 Å². The normalized spacial score (nSPS) is 21.0. The summed E-state index contributed by atoms with van der Waals surface area (Å²) in [5, 5.41) is 0. The third-order valence-corrected chi connectivity index (χ3v) is 2.10. The summed E-state index contributed by atoms with van der Waals surface area (Å²) >= 11 is 0. The molecule has 2 radical (unpaired) electrons. The fraction of sp³-hybridized carbons (Fsp3) is 0.778. The quantitative estimate of drug-likeness (QED) is 0.542. The van der Waals surface area contributed by atoms with Crippen molar-refractivity contribution >= 4 is 0 Å². The molecule has 0 N–H and O–H groups in total. The van der Waals surface area contributed by atoms with Gasteiger partial charge in [-0.15, -0.1) is 0 Å². The van der Waals surface area contributed by atoms with E-state index in [-0.39, 0.29) is 0 Å². The van der Waals surface area contributed by atoms with Crippen molar-refractivity contribution in [2.24, 2.45) is 5.92 Å². The van der Waals surface area contributed by atoms with E-state index in [2.05, 4.69) is 13.3 Å². The molecule has 0 heterocycles. The Balaban J connectivity index is 1.98. The topological polar surface area (TPSA) is 0 Å². The molecule has 9 heavy (non-hydrogen) atoms. The van der Waals surface area contributed by atoms with Gasteiger partial charge in [-0.3, -0.25) is 0 Å². The third-order valence-electron chi connectivity index (χ3n) is 2.10. The van der Waals surface area contributed by atoms with Gasteiger partial charge in [0.05, 0.1) is 0 Å². The van der Waals surface area contributed by atoms with Gasteiger partial charge in [-0.25, -0.2) is 0 Å². The molecule has 0 aliphatic heterocycles. The molecule has 1 fully saturated rings. The van der Waals surface area contributed by atoms with Gasteiger partial charge >= 0.3 is 0 Å². The molecule has 52 valence electrons. The van der Waals surface area contributed by atoms with Crippen molar-refractivity contribution in [1.82, 2.24) is 0 Å². The molecule has 0 bridgehead atoms. The second-order valence-corrected chi connectivity index (χ2v) is 2.92. The van der Waals surface area contributed by atoms with Crippen molar-refractivity contribution in [2.75, 3.05) is 0 Å². The van der Waals surface area contributed by atoms with Crippen LogP contribution in [-0.2, 0) is 0 Å². The summed E-state index contributed by atoms with van der Waals surface area (Å²) < 4.78 is 0. The third kappa shape index (κ3) is 2.38.